The van der Waals surface area contributed by atoms with Gasteiger partial charge in [0.25, 0.3) is 0 Å². The van der Waals surface area contributed by atoms with Gasteiger partial charge in [-0.25, -0.2) is 14.4 Å². The Morgan fingerprint density at radius 1 is 0.566 bits per heavy atom. The zero-order valence-electron chi connectivity index (χ0n) is 43.1. The predicted octanol–water partition coefficient (Wildman–Crippen LogP) is 1.10. The molecule has 1 aliphatic heterocycles. The number of ketones is 1. The van der Waals surface area contributed by atoms with E-state index in [9.17, 15) is 73.8 Å². The van der Waals surface area contributed by atoms with Crippen molar-refractivity contribution >= 4 is 77.1 Å². The lowest BCUT2D eigenvalue weighted by Gasteiger charge is -2.37. The van der Waals surface area contributed by atoms with Gasteiger partial charge in [-0.3, -0.25) is 48.4 Å². The van der Waals surface area contributed by atoms with Crippen molar-refractivity contribution in [2.45, 2.75) is 102 Å². The minimum atomic E-state index is -1.51. The molecule has 422 valence electrons. The number of Topliss-reactive ketones (excluding diaryl/α,β-unsaturated/α-hetero) is 1. The number of amides is 2. The third kappa shape index (κ3) is 26.3. The summed E-state index contributed by atoms with van der Waals surface area (Å²) in [4.78, 5) is 128. The summed E-state index contributed by atoms with van der Waals surface area (Å²) in [5.74, 6) is -7.37. The molecular formula is C48H74N12O16. The lowest BCUT2D eigenvalue weighted by atomic mass is 10.0. The zero-order chi connectivity index (χ0) is 56.2. The van der Waals surface area contributed by atoms with Gasteiger partial charge in [-0.1, -0.05) is 37.8 Å². The third-order valence-corrected chi connectivity index (χ3v) is 12.2. The summed E-state index contributed by atoms with van der Waals surface area (Å²) >= 11 is 0. The molecule has 76 heavy (non-hydrogen) atoms. The van der Waals surface area contributed by atoms with Crippen LogP contribution in [0.4, 0.5) is 28.3 Å². The number of carboxylic acids is 7. The van der Waals surface area contributed by atoms with Gasteiger partial charge in [0.15, 0.2) is 0 Å². The van der Waals surface area contributed by atoms with Crippen molar-refractivity contribution in [2.75, 3.05) is 108 Å². The molecule has 1 aromatic carbocycles. The number of nitrogens with one attached hydrogen (secondary N) is 4. The van der Waals surface area contributed by atoms with Gasteiger partial charge in [-0.05, 0) is 56.2 Å². The van der Waals surface area contributed by atoms with Gasteiger partial charge in [0.2, 0.25) is 17.8 Å². The van der Waals surface area contributed by atoms with Crippen molar-refractivity contribution in [3.05, 3.63) is 29.8 Å². The van der Waals surface area contributed by atoms with Crippen molar-refractivity contribution < 1.29 is 78.9 Å². The first kappa shape index (κ1) is 63.0. The van der Waals surface area contributed by atoms with E-state index in [0.717, 1.165) is 31.2 Å². The molecule has 28 nitrogen and oxygen atoms in total. The molecule has 2 aromatic rings. The number of aromatic nitrogens is 3. The van der Waals surface area contributed by atoms with Crippen LogP contribution < -0.4 is 26.2 Å². The first-order valence-electron chi connectivity index (χ1n) is 25.1. The number of benzene rings is 1. The standard InChI is InChI=1S/C48H74N12O16/c1-56(2)47-54-45(49-19-9-5-3-4-6-10-35(61)11-7-8-12-36(43(72)73)51-48(76)52-37(44(74)75)17-18-38(62)63)53-46(55-47)50-33-15-13-32(14-16-33)26-34-27-59(30-41(68)69)23-22-57(28-39(64)65)20-21-58(29-40(66)67)24-25-60(34)31-42(70)71/h13-16,34,36-37H,3-12,17-31H2,1-2H3,(H,62,63)(H,64,65)(H,66,67)(H,68,69)(H,70,71)(H,72,73)(H,74,75)(H2,51,52,76)(H2,49,50,53,54,55)/t34?,36-,37-/m0/s1. The number of hydrogen-bond donors (Lipinski definition) is 11. The number of unbranched alkanes of at least 4 members (excludes halogenated alkanes) is 5. The first-order valence-corrected chi connectivity index (χ1v) is 25.1. The minimum absolute atomic E-state index is 0.00754. The van der Waals surface area contributed by atoms with Crippen LogP contribution >= 0.6 is 0 Å². The molecule has 0 aliphatic carbocycles. The average molecular weight is 1080 g/mol. The fraction of sp³-hybridized carbons (Fsp3) is 0.625. The lowest BCUT2D eigenvalue weighted by molar-refractivity contribution is -0.142. The second kappa shape index (κ2) is 33.6. The Morgan fingerprint density at radius 2 is 1.07 bits per heavy atom. The normalized spacial score (nSPS) is 15.9. The lowest BCUT2D eigenvalue weighted by Crippen LogP contribution is -2.53. The number of urea groups is 1. The number of nitrogens with zero attached hydrogens (tertiary/aromatic N) is 8. The maximum atomic E-state index is 12.5. The van der Waals surface area contributed by atoms with Crippen molar-refractivity contribution in [2.24, 2.45) is 0 Å². The van der Waals surface area contributed by atoms with Gasteiger partial charge in [0.1, 0.15) is 17.9 Å². The number of anilines is 4. The molecule has 1 aromatic heterocycles. The van der Waals surface area contributed by atoms with Gasteiger partial charge >= 0.3 is 47.8 Å². The number of carbonyl (C=O) groups excluding carboxylic acids is 2. The van der Waals surface area contributed by atoms with Crippen molar-refractivity contribution in [1.29, 1.82) is 0 Å². The number of rotatable bonds is 34. The molecule has 1 saturated heterocycles. The highest BCUT2D eigenvalue weighted by Gasteiger charge is 2.29. The highest BCUT2D eigenvalue weighted by molar-refractivity contribution is 5.86. The minimum Gasteiger partial charge on any atom is -0.481 e. The van der Waals surface area contributed by atoms with Crippen LogP contribution in [0.15, 0.2) is 24.3 Å². The summed E-state index contributed by atoms with van der Waals surface area (Å²) in [6.07, 6.45) is 4.82. The molecular weight excluding hydrogens is 1000 g/mol. The predicted molar refractivity (Wildman–Crippen MR) is 274 cm³/mol. The Hall–Kier alpha value is -7.30. The van der Waals surface area contributed by atoms with Crippen LogP contribution in [0.3, 0.4) is 0 Å². The van der Waals surface area contributed by atoms with Crippen molar-refractivity contribution in [3.63, 3.8) is 0 Å². The summed E-state index contributed by atoms with van der Waals surface area (Å²) in [5.41, 5.74) is 1.43. The summed E-state index contributed by atoms with van der Waals surface area (Å²) in [7, 11) is 3.58. The molecule has 11 N–H and O–H groups in total. The molecule has 1 aliphatic rings. The fourth-order valence-corrected chi connectivity index (χ4v) is 8.29. The van der Waals surface area contributed by atoms with Gasteiger partial charge in [0.05, 0.1) is 26.2 Å². The van der Waals surface area contributed by atoms with Crippen LogP contribution in [0.2, 0.25) is 0 Å². The van der Waals surface area contributed by atoms with E-state index in [1.54, 1.807) is 50.7 Å². The Labute approximate surface area is 439 Å². The molecule has 28 heteroatoms. The zero-order valence-corrected chi connectivity index (χ0v) is 43.1. The molecule has 0 radical (unpaired) electrons. The molecule has 3 rings (SSSR count). The quantitative estimate of drug-likeness (QED) is 0.0437. The summed E-state index contributed by atoms with van der Waals surface area (Å²) in [5, 5.41) is 77.1. The summed E-state index contributed by atoms with van der Waals surface area (Å²) < 4.78 is 0. The largest absolute Gasteiger partial charge is 0.481 e. The number of carboxylic acid groups (broad SMARTS) is 7. The monoisotopic (exact) mass is 1070 g/mol. The second-order valence-electron chi connectivity index (χ2n) is 18.8. The van der Waals surface area contributed by atoms with E-state index in [1.807, 2.05) is 12.1 Å². The molecule has 3 atom stereocenters. The van der Waals surface area contributed by atoms with E-state index < -0.39 is 72.4 Å². The molecule has 1 unspecified atom stereocenters. The summed E-state index contributed by atoms with van der Waals surface area (Å²) in [6.45, 7) is 0.377. The van der Waals surface area contributed by atoms with Crippen LogP contribution in [0.1, 0.15) is 82.6 Å². The fourth-order valence-electron chi connectivity index (χ4n) is 8.29. The maximum Gasteiger partial charge on any atom is 0.326 e. The molecule has 0 bridgehead atoms. The molecule has 2 heterocycles. The van der Waals surface area contributed by atoms with Gasteiger partial charge in [0, 0.05) is 97.4 Å². The van der Waals surface area contributed by atoms with Crippen molar-refractivity contribution in [3.8, 4) is 0 Å². The average Bonchev–Trinajstić information content (AvgIpc) is 3.33. The van der Waals surface area contributed by atoms with E-state index in [2.05, 4.69) is 36.2 Å². The van der Waals surface area contributed by atoms with E-state index in [0.29, 0.717) is 56.2 Å². The SMILES string of the molecule is CN(C)c1nc(NCCCCCCCC(=O)CCCC[C@H](NC(=O)N[C@@H](CCC(=O)O)C(=O)O)C(=O)O)nc(Nc2ccc(CC3CN(CC(=O)O)CCN(CC(=O)O)CCN(CC(=O)O)CCN3CC(=O)O)cc2)n1. The molecule has 2 amide bonds. The van der Waals surface area contributed by atoms with E-state index in [4.69, 9.17) is 5.11 Å². The van der Waals surface area contributed by atoms with Crippen molar-refractivity contribution in [1.82, 2.24) is 45.2 Å². The molecule has 1 fully saturated rings. The summed E-state index contributed by atoms with van der Waals surface area (Å²) in [6, 6.07) is 2.87. The van der Waals surface area contributed by atoms with Gasteiger partial charge in [-0.2, -0.15) is 15.0 Å². The third-order valence-electron chi connectivity index (χ3n) is 12.2. The number of carbonyl (C=O) groups is 9. The molecule has 0 saturated carbocycles. The van der Waals surface area contributed by atoms with E-state index in [1.165, 1.54) is 0 Å². The highest BCUT2D eigenvalue weighted by atomic mass is 16.4. The Bertz CT molecular complexity index is 2240. The number of aliphatic carboxylic acids is 7. The Morgan fingerprint density at radius 3 is 1.62 bits per heavy atom. The number of hydrogen-bond acceptors (Lipinski definition) is 19. The van der Waals surface area contributed by atoms with E-state index >= 15 is 0 Å². The van der Waals surface area contributed by atoms with Crippen LogP contribution in [-0.4, -0.2) is 235 Å². The van der Waals surface area contributed by atoms with Crippen LogP contribution in [0, 0.1) is 0 Å². The topological polar surface area (TPSA) is 398 Å². The highest BCUT2D eigenvalue weighted by Crippen LogP contribution is 2.20. The van der Waals surface area contributed by atoms with Crippen LogP contribution in [0.5, 0.6) is 0 Å². The van der Waals surface area contributed by atoms with Gasteiger partial charge < -0.3 is 61.9 Å². The first-order chi connectivity index (χ1) is 36.1. The van der Waals surface area contributed by atoms with E-state index in [-0.39, 0.29) is 103 Å². The Balaban J connectivity index is 1.52. The maximum absolute atomic E-state index is 12.5. The van der Waals surface area contributed by atoms with Crippen LogP contribution in [0.25, 0.3) is 0 Å². The van der Waals surface area contributed by atoms with Gasteiger partial charge in [-0.15, -0.1) is 0 Å². The molecule has 0 spiro atoms. The second-order valence-corrected chi connectivity index (χ2v) is 18.8. The van der Waals surface area contributed by atoms with Crippen LogP contribution in [-0.2, 0) is 44.8 Å². The Kier molecular flexibility index (Phi) is 27.8. The smallest absolute Gasteiger partial charge is 0.326 e.